The maximum Gasteiger partial charge on any atom is 0.226 e. The second kappa shape index (κ2) is 10.1. The molecule has 1 saturated heterocycles. The molecule has 0 saturated carbocycles. The van der Waals surface area contributed by atoms with E-state index in [1.807, 2.05) is 11.8 Å². The van der Waals surface area contributed by atoms with Crippen LogP contribution >= 0.6 is 0 Å². The van der Waals surface area contributed by atoms with Gasteiger partial charge < -0.3 is 20.1 Å². The number of rotatable bonds is 9. The highest BCUT2D eigenvalue weighted by Crippen LogP contribution is 2.19. The summed E-state index contributed by atoms with van der Waals surface area (Å²) >= 11 is 0. The summed E-state index contributed by atoms with van der Waals surface area (Å²) in [5.74, 6) is 0.696. The normalized spacial score (nSPS) is 18.2. The summed E-state index contributed by atoms with van der Waals surface area (Å²) in [6, 6.07) is 0. The van der Waals surface area contributed by atoms with E-state index in [9.17, 15) is 4.79 Å². The fraction of sp³-hybridized carbons (Fsp3) is 0.938. The third-order valence-corrected chi connectivity index (χ3v) is 3.93. The van der Waals surface area contributed by atoms with Gasteiger partial charge in [-0.15, -0.1) is 0 Å². The van der Waals surface area contributed by atoms with E-state index in [0.29, 0.717) is 25.7 Å². The summed E-state index contributed by atoms with van der Waals surface area (Å²) in [4.78, 5) is 14.4. The zero-order valence-electron chi connectivity index (χ0n) is 13.8. The Hall–Kier alpha value is -0.650. The van der Waals surface area contributed by atoms with Gasteiger partial charge in [0.2, 0.25) is 5.91 Å². The number of nitrogens with zero attached hydrogens (tertiary/aromatic N) is 1. The molecule has 0 aliphatic carbocycles. The molecule has 1 fully saturated rings. The highest BCUT2D eigenvalue weighted by molar-refractivity contribution is 5.79. The lowest BCUT2D eigenvalue weighted by molar-refractivity contribution is -0.138. The van der Waals surface area contributed by atoms with E-state index in [0.717, 1.165) is 39.0 Å². The number of piperidine rings is 1. The second-order valence-electron chi connectivity index (χ2n) is 6.15. The predicted molar refractivity (Wildman–Crippen MR) is 84.0 cm³/mol. The Bertz CT molecular complexity index is 289. The first-order chi connectivity index (χ1) is 10.1. The van der Waals surface area contributed by atoms with Gasteiger partial charge in [0.15, 0.2) is 0 Å². The Morgan fingerprint density at radius 2 is 1.95 bits per heavy atom. The van der Waals surface area contributed by atoms with Crippen LogP contribution in [0.1, 0.15) is 40.0 Å². The van der Waals surface area contributed by atoms with Gasteiger partial charge in [0.1, 0.15) is 0 Å². The summed E-state index contributed by atoms with van der Waals surface area (Å²) in [6.45, 7) is 10.3. The van der Waals surface area contributed by atoms with Crippen molar-refractivity contribution in [3.63, 3.8) is 0 Å². The fourth-order valence-electron chi connectivity index (χ4n) is 2.79. The molecule has 0 aromatic rings. The van der Waals surface area contributed by atoms with Crippen LogP contribution < -0.4 is 5.73 Å². The topological polar surface area (TPSA) is 64.8 Å². The van der Waals surface area contributed by atoms with Gasteiger partial charge in [-0.1, -0.05) is 13.8 Å². The standard InChI is InChI=1S/C16H32N2O3/c1-4-20-9-10-21-15-5-7-18(8-6-15)16(19)14(12-17)11-13(2)3/h13-15H,4-12,17H2,1-3H3. The molecule has 5 heteroatoms. The molecule has 0 bridgehead atoms. The third-order valence-electron chi connectivity index (χ3n) is 3.93. The van der Waals surface area contributed by atoms with Crippen LogP contribution in [0, 0.1) is 11.8 Å². The van der Waals surface area contributed by atoms with Gasteiger partial charge >= 0.3 is 0 Å². The maximum atomic E-state index is 12.5. The molecule has 1 atom stereocenters. The first-order valence-corrected chi connectivity index (χ1v) is 8.26. The third kappa shape index (κ3) is 6.76. The number of hydrogen-bond donors (Lipinski definition) is 1. The van der Waals surface area contributed by atoms with Crippen LogP contribution in [-0.4, -0.2) is 56.4 Å². The molecular weight excluding hydrogens is 268 g/mol. The van der Waals surface area contributed by atoms with Crippen LogP contribution in [-0.2, 0) is 14.3 Å². The van der Waals surface area contributed by atoms with Gasteiger partial charge in [-0.25, -0.2) is 0 Å². The minimum Gasteiger partial charge on any atom is -0.379 e. The van der Waals surface area contributed by atoms with E-state index in [-0.39, 0.29) is 17.9 Å². The molecule has 1 amide bonds. The van der Waals surface area contributed by atoms with Crippen molar-refractivity contribution in [2.45, 2.75) is 46.1 Å². The minimum atomic E-state index is -0.0274. The number of amides is 1. The van der Waals surface area contributed by atoms with E-state index in [4.69, 9.17) is 15.2 Å². The molecule has 1 rings (SSSR count). The zero-order chi connectivity index (χ0) is 15.7. The number of carbonyl (C=O) groups is 1. The first-order valence-electron chi connectivity index (χ1n) is 8.26. The summed E-state index contributed by atoms with van der Waals surface area (Å²) in [7, 11) is 0. The first kappa shape index (κ1) is 18.4. The van der Waals surface area contributed by atoms with Crippen molar-refractivity contribution in [3.05, 3.63) is 0 Å². The molecule has 124 valence electrons. The highest BCUT2D eigenvalue weighted by Gasteiger charge is 2.28. The van der Waals surface area contributed by atoms with Crippen molar-refractivity contribution < 1.29 is 14.3 Å². The van der Waals surface area contributed by atoms with Gasteiger partial charge in [0.05, 0.1) is 25.2 Å². The molecule has 1 aliphatic rings. The van der Waals surface area contributed by atoms with E-state index in [1.165, 1.54) is 0 Å². The minimum absolute atomic E-state index is 0.0274. The van der Waals surface area contributed by atoms with Crippen LogP contribution in [0.5, 0.6) is 0 Å². The van der Waals surface area contributed by atoms with Crippen molar-refractivity contribution in [3.8, 4) is 0 Å². The number of likely N-dealkylation sites (tertiary alicyclic amines) is 1. The lowest BCUT2D eigenvalue weighted by atomic mass is 9.95. The summed E-state index contributed by atoms with van der Waals surface area (Å²) in [5.41, 5.74) is 5.76. The van der Waals surface area contributed by atoms with Crippen molar-refractivity contribution in [1.82, 2.24) is 4.90 Å². The summed E-state index contributed by atoms with van der Waals surface area (Å²) < 4.78 is 11.0. The predicted octanol–water partition coefficient (Wildman–Crippen LogP) is 1.65. The van der Waals surface area contributed by atoms with Crippen molar-refractivity contribution in [1.29, 1.82) is 0 Å². The van der Waals surface area contributed by atoms with Crippen molar-refractivity contribution >= 4 is 5.91 Å². The molecule has 2 N–H and O–H groups in total. The Morgan fingerprint density at radius 1 is 1.29 bits per heavy atom. The van der Waals surface area contributed by atoms with Gasteiger partial charge in [0, 0.05) is 26.2 Å². The lowest BCUT2D eigenvalue weighted by Gasteiger charge is -2.34. The fourth-order valence-corrected chi connectivity index (χ4v) is 2.79. The Morgan fingerprint density at radius 3 is 2.48 bits per heavy atom. The average molecular weight is 300 g/mol. The van der Waals surface area contributed by atoms with Crippen molar-refractivity contribution in [2.75, 3.05) is 39.5 Å². The summed E-state index contributed by atoms with van der Waals surface area (Å²) in [5, 5.41) is 0. The summed E-state index contributed by atoms with van der Waals surface area (Å²) in [6.07, 6.45) is 2.96. The number of hydrogen-bond acceptors (Lipinski definition) is 4. The molecule has 0 aromatic carbocycles. The van der Waals surface area contributed by atoms with Crippen molar-refractivity contribution in [2.24, 2.45) is 17.6 Å². The second-order valence-corrected chi connectivity index (χ2v) is 6.15. The smallest absolute Gasteiger partial charge is 0.226 e. The van der Waals surface area contributed by atoms with Crippen LogP contribution in [0.3, 0.4) is 0 Å². The number of nitrogens with two attached hydrogens (primary N) is 1. The molecule has 21 heavy (non-hydrogen) atoms. The number of ether oxygens (including phenoxy) is 2. The van der Waals surface area contributed by atoms with Gasteiger partial charge in [-0.05, 0) is 32.1 Å². The molecule has 0 spiro atoms. The molecule has 5 nitrogen and oxygen atoms in total. The van der Waals surface area contributed by atoms with E-state index >= 15 is 0 Å². The average Bonchev–Trinajstić information content (AvgIpc) is 2.49. The van der Waals surface area contributed by atoms with Gasteiger partial charge in [-0.2, -0.15) is 0 Å². The highest BCUT2D eigenvalue weighted by atomic mass is 16.5. The number of carbonyl (C=O) groups excluding carboxylic acids is 1. The van der Waals surface area contributed by atoms with E-state index in [1.54, 1.807) is 0 Å². The molecule has 1 heterocycles. The van der Waals surface area contributed by atoms with Gasteiger partial charge in [-0.3, -0.25) is 4.79 Å². The molecular formula is C16H32N2O3. The maximum absolute atomic E-state index is 12.5. The van der Waals surface area contributed by atoms with E-state index in [2.05, 4.69) is 13.8 Å². The van der Waals surface area contributed by atoms with Crippen LogP contribution in [0.2, 0.25) is 0 Å². The van der Waals surface area contributed by atoms with Crippen LogP contribution in [0.4, 0.5) is 0 Å². The SMILES string of the molecule is CCOCCOC1CCN(C(=O)C(CN)CC(C)C)CC1. The molecule has 0 aromatic heterocycles. The van der Waals surface area contributed by atoms with Crippen LogP contribution in [0.25, 0.3) is 0 Å². The lowest BCUT2D eigenvalue weighted by Crippen LogP contribution is -2.45. The van der Waals surface area contributed by atoms with E-state index < -0.39 is 0 Å². The van der Waals surface area contributed by atoms with Gasteiger partial charge in [0.25, 0.3) is 0 Å². The molecule has 1 unspecified atom stereocenters. The Balaban J connectivity index is 2.29. The Kier molecular flexibility index (Phi) is 8.88. The largest absolute Gasteiger partial charge is 0.379 e. The Labute approximate surface area is 129 Å². The molecule has 1 aliphatic heterocycles. The molecule has 0 radical (unpaired) electrons. The monoisotopic (exact) mass is 300 g/mol. The quantitative estimate of drug-likeness (QED) is 0.658. The van der Waals surface area contributed by atoms with Crippen LogP contribution in [0.15, 0.2) is 0 Å². The zero-order valence-corrected chi connectivity index (χ0v) is 13.8.